The first kappa shape index (κ1) is 14.6. The number of nitrogens with one attached hydrogen (secondary N) is 1. The summed E-state index contributed by atoms with van der Waals surface area (Å²) in [7, 11) is -1.20. The molecule has 0 radical (unpaired) electrons. The van der Waals surface area contributed by atoms with Gasteiger partial charge in [0.25, 0.3) is 0 Å². The molecule has 8 heteroatoms. The van der Waals surface area contributed by atoms with E-state index < -0.39 is 10.0 Å². The molecule has 0 bridgehead atoms. The van der Waals surface area contributed by atoms with Crippen molar-refractivity contribution >= 4 is 44.4 Å². The summed E-state index contributed by atoms with van der Waals surface area (Å²) in [5.41, 5.74) is 1.84. The van der Waals surface area contributed by atoms with Crippen molar-refractivity contribution in [2.75, 3.05) is 18.6 Å². The highest BCUT2D eigenvalue weighted by atomic mass is 35.5. The molecule has 19 heavy (non-hydrogen) atoms. The molecule has 1 N–H and O–H groups in total. The Balaban J connectivity index is 2.07. The lowest BCUT2D eigenvalue weighted by Gasteiger charge is -2.03. The van der Waals surface area contributed by atoms with E-state index in [1.165, 1.54) is 11.8 Å². The Morgan fingerprint density at radius 3 is 2.89 bits per heavy atom. The molecule has 0 amide bonds. The number of thioether (sulfide) groups is 1. The van der Waals surface area contributed by atoms with E-state index in [0.717, 1.165) is 22.4 Å². The maximum Gasteiger partial charge on any atom is 0.208 e. The molecule has 0 saturated heterocycles. The summed E-state index contributed by atoms with van der Waals surface area (Å²) in [6.07, 6.45) is 1.15. The van der Waals surface area contributed by atoms with Crippen LogP contribution in [0, 0.1) is 0 Å². The molecule has 5 nitrogen and oxygen atoms in total. The molecular weight excluding hydrogens is 306 g/mol. The van der Waals surface area contributed by atoms with E-state index in [2.05, 4.69) is 9.71 Å². The standard InChI is InChI=1S/C11H14ClN3O2S2/c1-15-10-4-3-8(12)7-9(10)14-11(15)18-6-5-13-19(2,16)17/h3-4,7,13H,5-6H2,1-2H3. The summed E-state index contributed by atoms with van der Waals surface area (Å²) in [5.74, 6) is 0.623. The SMILES string of the molecule is Cn1c(SCCNS(C)(=O)=O)nc2cc(Cl)ccc21. The summed E-state index contributed by atoms with van der Waals surface area (Å²) in [6.45, 7) is 0.382. The van der Waals surface area contributed by atoms with Crippen molar-refractivity contribution in [3.8, 4) is 0 Å². The first-order chi connectivity index (χ1) is 8.87. The van der Waals surface area contributed by atoms with Crippen molar-refractivity contribution in [3.05, 3.63) is 23.2 Å². The minimum Gasteiger partial charge on any atom is -0.322 e. The molecule has 2 aromatic rings. The molecule has 0 fully saturated rings. The molecule has 1 aromatic heterocycles. The lowest BCUT2D eigenvalue weighted by molar-refractivity contribution is 0.590. The fourth-order valence-corrected chi connectivity index (χ4v) is 3.26. The number of rotatable bonds is 5. The normalized spacial score (nSPS) is 12.2. The van der Waals surface area contributed by atoms with Gasteiger partial charge in [-0.15, -0.1) is 0 Å². The van der Waals surface area contributed by atoms with Crippen LogP contribution in [0.3, 0.4) is 0 Å². The highest BCUT2D eigenvalue weighted by molar-refractivity contribution is 7.99. The van der Waals surface area contributed by atoms with Gasteiger partial charge in [-0.25, -0.2) is 18.1 Å². The third kappa shape index (κ3) is 3.85. The highest BCUT2D eigenvalue weighted by Crippen LogP contribution is 2.24. The third-order valence-corrected chi connectivity index (χ3v) is 4.49. The number of halogens is 1. The molecule has 1 aromatic carbocycles. The highest BCUT2D eigenvalue weighted by Gasteiger charge is 2.08. The molecular formula is C11H14ClN3O2S2. The molecule has 0 spiro atoms. The summed E-state index contributed by atoms with van der Waals surface area (Å²) in [5, 5.41) is 1.49. The van der Waals surface area contributed by atoms with Gasteiger partial charge in [-0.2, -0.15) is 0 Å². The summed E-state index contributed by atoms with van der Waals surface area (Å²) < 4.78 is 26.3. The smallest absolute Gasteiger partial charge is 0.208 e. The van der Waals surface area contributed by atoms with Crippen LogP contribution in [0.1, 0.15) is 0 Å². The van der Waals surface area contributed by atoms with Gasteiger partial charge in [-0.3, -0.25) is 0 Å². The number of fused-ring (bicyclic) bond motifs is 1. The second-order valence-corrected chi connectivity index (χ2v) is 7.43. The Morgan fingerprint density at radius 2 is 2.21 bits per heavy atom. The maximum absolute atomic E-state index is 10.9. The minimum absolute atomic E-state index is 0.382. The Kier molecular flexibility index (Phi) is 4.39. The van der Waals surface area contributed by atoms with Gasteiger partial charge < -0.3 is 4.57 Å². The van der Waals surface area contributed by atoms with Crippen LogP contribution in [0.4, 0.5) is 0 Å². The first-order valence-corrected chi connectivity index (χ1v) is 8.82. The van der Waals surface area contributed by atoms with Crippen LogP contribution in [0.25, 0.3) is 11.0 Å². The number of benzene rings is 1. The van der Waals surface area contributed by atoms with Crippen molar-refractivity contribution in [3.63, 3.8) is 0 Å². The third-order valence-electron chi connectivity index (χ3n) is 2.50. The molecule has 104 valence electrons. The number of hydrogen-bond acceptors (Lipinski definition) is 4. The van der Waals surface area contributed by atoms with Gasteiger partial charge in [-0.05, 0) is 18.2 Å². The van der Waals surface area contributed by atoms with Crippen LogP contribution in [-0.4, -0.2) is 36.5 Å². The number of aryl methyl sites for hydroxylation is 1. The number of imidazole rings is 1. The summed E-state index contributed by atoms with van der Waals surface area (Å²) in [4.78, 5) is 4.47. The largest absolute Gasteiger partial charge is 0.322 e. The van der Waals surface area contributed by atoms with Crippen LogP contribution in [-0.2, 0) is 17.1 Å². The number of sulfonamides is 1. The Hall–Kier alpha value is -0.760. The maximum atomic E-state index is 10.9. The molecule has 0 aliphatic heterocycles. The summed E-state index contributed by atoms with van der Waals surface area (Å²) in [6, 6.07) is 5.56. The summed E-state index contributed by atoms with van der Waals surface area (Å²) >= 11 is 7.43. The quantitative estimate of drug-likeness (QED) is 0.675. The average Bonchev–Trinajstić information content (AvgIpc) is 2.60. The van der Waals surface area contributed by atoms with E-state index in [0.29, 0.717) is 17.3 Å². The van der Waals surface area contributed by atoms with Crippen LogP contribution in [0.15, 0.2) is 23.4 Å². The fraction of sp³-hybridized carbons (Fsp3) is 0.364. The zero-order valence-electron chi connectivity index (χ0n) is 10.6. The monoisotopic (exact) mass is 319 g/mol. The lowest BCUT2D eigenvalue weighted by Crippen LogP contribution is -2.24. The minimum atomic E-state index is -3.13. The van der Waals surface area contributed by atoms with Crippen LogP contribution in [0.2, 0.25) is 5.02 Å². The zero-order valence-corrected chi connectivity index (χ0v) is 12.9. The molecule has 0 aliphatic rings. The Morgan fingerprint density at radius 1 is 1.47 bits per heavy atom. The van der Waals surface area contributed by atoms with E-state index in [1.54, 1.807) is 0 Å². The van der Waals surface area contributed by atoms with Crippen molar-refractivity contribution in [2.45, 2.75) is 5.16 Å². The van der Waals surface area contributed by atoms with Crippen LogP contribution in [0.5, 0.6) is 0 Å². The average molecular weight is 320 g/mol. The van der Waals surface area contributed by atoms with Gasteiger partial charge >= 0.3 is 0 Å². The Bertz CT molecular complexity index is 697. The molecule has 0 aliphatic carbocycles. The molecule has 1 heterocycles. The first-order valence-electron chi connectivity index (χ1n) is 5.56. The number of hydrogen-bond donors (Lipinski definition) is 1. The van der Waals surface area contributed by atoms with E-state index in [9.17, 15) is 8.42 Å². The molecule has 0 saturated carbocycles. The van der Waals surface area contributed by atoms with Crippen molar-refractivity contribution in [1.82, 2.24) is 14.3 Å². The lowest BCUT2D eigenvalue weighted by atomic mass is 10.3. The van der Waals surface area contributed by atoms with Gasteiger partial charge in [-0.1, -0.05) is 23.4 Å². The van der Waals surface area contributed by atoms with Gasteiger partial charge in [0.1, 0.15) is 0 Å². The predicted octanol–water partition coefficient (Wildman–Crippen LogP) is 1.87. The number of nitrogens with zero attached hydrogens (tertiary/aromatic N) is 2. The van der Waals surface area contributed by atoms with Gasteiger partial charge in [0.2, 0.25) is 10.0 Å². The van der Waals surface area contributed by atoms with Crippen LogP contribution < -0.4 is 4.72 Å². The second-order valence-electron chi connectivity index (χ2n) is 4.10. The van der Waals surface area contributed by atoms with Crippen LogP contribution >= 0.6 is 23.4 Å². The second kappa shape index (κ2) is 5.70. The topological polar surface area (TPSA) is 64.0 Å². The van der Waals surface area contributed by atoms with E-state index in [-0.39, 0.29) is 0 Å². The van der Waals surface area contributed by atoms with Gasteiger partial charge in [0.05, 0.1) is 17.3 Å². The molecule has 0 atom stereocenters. The van der Waals surface area contributed by atoms with Crippen molar-refractivity contribution in [1.29, 1.82) is 0 Å². The van der Waals surface area contributed by atoms with Crippen molar-refractivity contribution in [2.24, 2.45) is 7.05 Å². The fourth-order valence-electron chi connectivity index (χ4n) is 1.65. The predicted molar refractivity (Wildman–Crippen MR) is 79.3 cm³/mol. The van der Waals surface area contributed by atoms with Crippen molar-refractivity contribution < 1.29 is 8.42 Å². The Labute approximate surface area is 121 Å². The van der Waals surface area contributed by atoms with Gasteiger partial charge in [0.15, 0.2) is 5.16 Å². The zero-order chi connectivity index (χ0) is 14.0. The van der Waals surface area contributed by atoms with E-state index in [1.807, 2.05) is 29.8 Å². The molecule has 0 unspecified atom stereocenters. The van der Waals surface area contributed by atoms with Gasteiger partial charge in [0, 0.05) is 24.4 Å². The molecule has 2 rings (SSSR count). The van der Waals surface area contributed by atoms with E-state index in [4.69, 9.17) is 11.6 Å². The number of aromatic nitrogens is 2. The van der Waals surface area contributed by atoms with E-state index >= 15 is 0 Å².